The van der Waals surface area contributed by atoms with E-state index in [1.54, 1.807) is 22.9 Å². The summed E-state index contributed by atoms with van der Waals surface area (Å²) in [6, 6.07) is 7.20. The van der Waals surface area contributed by atoms with E-state index in [4.69, 9.17) is 4.74 Å². The molecule has 0 saturated carbocycles. The number of likely N-dealkylation sites (N-methyl/N-ethyl adjacent to an activating group) is 1. The molecule has 0 unspecified atom stereocenters. The van der Waals surface area contributed by atoms with E-state index in [-0.39, 0.29) is 5.91 Å². The number of hydrogen-bond donors (Lipinski definition) is 1. The molecule has 4 heterocycles. The van der Waals surface area contributed by atoms with Gasteiger partial charge in [0.25, 0.3) is 5.91 Å². The summed E-state index contributed by atoms with van der Waals surface area (Å²) in [4.78, 5) is 20.0. The number of hydrogen-bond acceptors (Lipinski definition) is 6. The van der Waals surface area contributed by atoms with Gasteiger partial charge in [0.15, 0.2) is 11.5 Å². The Balaban J connectivity index is 1.70. The standard InChI is InChI=1S/C18H21N7O2/c1-23-7-9-24(10-8-23)18(26)14-11-15(13-5-6-19-12-13)25(22-14)16-3-4-17(27-2)21-20-16/h3-6,11-12,19H,7-10H2,1-2H3. The Kier molecular flexibility index (Phi) is 4.59. The summed E-state index contributed by atoms with van der Waals surface area (Å²) in [6.07, 6.45) is 3.68. The zero-order valence-electron chi connectivity index (χ0n) is 15.3. The Labute approximate surface area is 156 Å². The highest BCUT2D eigenvalue weighted by Gasteiger charge is 2.24. The quantitative estimate of drug-likeness (QED) is 0.741. The van der Waals surface area contributed by atoms with Gasteiger partial charge in [-0.05, 0) is 25.2 Å². The number of aromatic nitrogens is 5. The lowest BCUT2D eigenvalue weighted by Gasteiger charge is -2.31. The van der Waals surface area contributed by atoms with Crippen molar-refractivity contribution in [1.82, 2.24) is 34.8 Å². The molecule has 4 rings (SSSR count). The van der Waals surface area contributed by atoms with Crippen LogP contribution in [0.15, 0.2) is 36.7 Å². The SMILES string of the molecule is COc1ccc(-n2nc(C(=O)N3CCN(C)CC3)cc2-c2cc[nH]c2)nn1. The molecule has 3 aromatic rings. The highest BCUT2D eigenvalue weighted by atomic mass is 16.5. The Bertz CT molecular complexity index is 910. The molecular formula is C18H21N7O2. The number of amides is 1. The molecule has 3 aromatic heterocycles. The maximum atomic E-state index is 12.9. The Morgan fingerprint density at radius 3 is 2.59 bits per heavy atom. The fraction of sp³-hybridized carbons (Fsp3) is 0.333. The van der Waals surface area contributed by atoms with Crippen LogP contribution in [0.3, 0.4) is 0 Å². The second-order valence-corrected chi connectivity index (χ2v) is 6.46. The van der Waals surface area contributed by atoms with Crippen molar-refractivity contribution in [3.05, 3.63) is 42.4 Å². The molecule has 1 aliphatic heterocycles. The lowest BCUT2D eigenvalue weighted by Crippen LogP contribution is -2.47. The van der Waals surface area contributed by atoms with Crippen LogP contribution >= 0.6 is 0 Å². The van der Waals surface area contributed by atoms with E-state index < -0.39 is 0 Å². The van der Waals surface area contributed by atoms with Crippen molar-refractivity contribution in [2.24, 2.45) is 0 Å². The molecular weight excluding hydrogens is 346 g/mol. The van der Waals surface area contributed by atoms with Crippen molar-refractivity contribution >= 4 is 5.91 Å². The van der Waals surface area contributed by atoms with Gasteiger partial charge in [-0.2, -0.15) is 5.10 Å². The number of ether oxygens (including phenoxy) is 1. The first-order valence-corrected chi connectivity index (χ1v) is 8.75. The fourth-order valence-corrected chi connectivity index (χ4v) is 3.06. The molecule has 1 N–H and O–H groups in total. The van der Waals surface area contributed by atoms with E-state index in [0.717, 1.165) is 24.3 Å². The summed E-state index contributed by atoms with van der Waals surface area (Å²) >= 11 is 0. The maximum Gasteiger partial charge on any atom is 0.274 e. The molecule has 1 amide bonds. The highest BCUT2D eigenvalue weighted by Crippen LogP contribution is 2.24. The lowest BCUT2D eigenvalue weighted by molar-refractivity contribution is 0.0657. The van der Waals surface area contributed by atoms with Crippen LogP contribution < -0.4 is 4.74 Å². The molecule has 1 aliphatic rings. The third kappa shape index (κ3) is 3.41. The number of nitrogens with zero attached hydrogens (tertiary/aromatic N) is 6. The third-order valence-electron chi connectivity index (χ3n) is 4.66. The summed E-state index contributed by atoms with van der Waals surface area (Å²) in [5.41, 5.74) is 2.08. The first-order valence-electron chi connectivity index (χ1n) is 8.75. The number of piperazine rings is 1. The van der Waals surface area contributed by atoms with Gasteiger partial charge in [-0.15, -0.1) is 10.2 Å². The van der Waals surface area contributed by atoms with Crippen LogP contribution in [0, 0.1) is 0 Å². The molecule has 27 heavy (non-hydrogen) atoms. The maximum absolute atomic E-state index is 12.9. The van der Waals surface area contributed by atoms with E-state index in [2.05, 4.69) is 32.2 Å². The number of carbonyl (C=O) groups excluding carboxylic acids is 1. The van der Waals surface area contributed by atoms with Gasteiger partial charge >= 0.3 is 0 Å². The minimum Gasteiger partial charge on any atom is -0.480 e. The van der Waals surface area contributed by atoms with Gasteiger partial charge < -0.3 is 19.5 Å². The number of carbonyl (C=O) groups is 1. The van der Waals surface area contributed by atoms with Gasteiger partial charge in [-0.1, -0.05) is 0 Å². The van der Waals surface area contributed by atoms with E-state index >= 15 is 0 Å². The van der Waals surface area contributed by atoms with E-state index in [1.165, 1.54) is 7.11 Å². The first kappa shape index (κ1) is 17.2. The average molecular weight is 367 g/mol. The molecule has 0 bridgehead atoms. The zero-order valence-corrected chi connectivity index (χ0v) is 15.3. The summed E-state index contributed by atoms with van der Waals surface area (Å²) in [7, 11) is 3.60. The smallest absolute Gasteiger partial charge is 0.274 e. The van der Waals surface area contributed by atoms with Crippen molar-refractivity contribution in [3.63, 3.8) is 0 Å². The minimum atomic E-state index is -0.0693. The van der Waals surface area contributed by atoms with Gasteiger partial charge in [-0.25, -0.2) is 4.68 Å². The topological polar surface area (TPSA) is 92.2 Å². The Morgan fingerprint density at radius 1 is 1.15 bits per heavy atom. The molecule has 9 heteroatoms. The molecule has 0 radical (unpaired) electrons. The molecule has 0 aliphatic carbocycles. The molecule has 1 saturated heterocycles. The highest BCUT2D eigenvalue weighted by molar-refractivity contribution is 5.93. The molecule has 0 aromatic carbocycles. The molecule has 9 nitrogen and oxygen atoms in total. The Morgan fingerprint density at radius 2 is 1.96 bits per heavy atom. The summed E-state index contributed by atoms with van der Waals surface area (Å²) < 4.78 is 6.70. The van der Waals surface area contributed by atoms with Crippen molar-refractivity contribution in [1.29, 1.82) is 0 Å². The van der Waals surface area contributed by atoms with Gasteiger partial charge in [-0.3, -0.25) is 4.79 Å². The van der Waals surface area contributed by atoms with Gasteiger partial charge in [0.1, 0.15) is 0 Å². The second-order valence-electron chi connectivity index (χ2n) is 6.46. The number of rotatable bonds is 4. The Hall–Kier alpha value is -3.20. The van der Waals surface area contributed by atoms with Gasteiger partial charge in [0.2, 0.25) is 5.88 Å². The predicted octanol–water partition coefficient (Wildman–Crippen LogP) is 1.05. The van der Waals surface area contributed by atoms with Crippen LogP contribution in [0.4, 0.5) is 0 Å². The van der Waals surface area contributed by atoms with Crippen molar-refractivity contribution < 1.29 is 9.53 Å². The molecule has 0 spiro atoms. The van der Waals surface area contributed by atoms with Crippen LogP contribution in [-0.2, 0) is 0 Å². The molecule has 140 valence electrons. The second kappa shape index (κ2) is 7.20. The number of nitrogens with one attached hydrogen (secondary N) is 1. The predicted molar refractivity (Wildman–Crippen MR) is 98.9 cm³/mol. The van der Waals surface area contributed by atoms with Crippen molar-refractivity contribution in [2.45, 2.75) is 0 Å². The first-order chi connectivity index (χ1) is 13.2. The third-order valence-corrected chi connectivity index (χ3v) is 4.66. The normalized spacial score (nSPS) is 15.1. The fourth-order valence-electron chi connectivity index (χ4n) is 3.06. The van der Waals surface area contributed by atoms with Crippen molar-refractivity contribution in [2.75, 3.05) is 40.3 Å². The summed E-state index contributed by atoms with van der Waals surface area (Å²) in [6.45, 7) is 3.12. The monoisotopic (exact) mass is 367 g/mol. The molecule has 0 atom stereocenters. The summed E-state index contributed by atoms with van der Waals surface area (Å²) in [5, 5.41) is 12.7. The number of methoxy groups -OCH3 is 1. The van der Waals surface area contributed by atoms with Crippen LogP contribution in [0.1, 0.15) is 10.5 Å². The number of aromatic amines is 1. The summed E-state index contributed by atoms with van der Waals surface area (Å²) in [5.74, 6) is 0.868. The van der Waals surface area contributed by atoms with Crippen LogP contribution in [-0.4, -0.2) is 81.0 Å². The van der Waals surface area contributed by atoms with E-state index in [9.17, 15) is 4.79 Å². The largest absolute Gasteiger partial charge is 0.480 e. The van der Waals surface area contributed by atoms with E-state index in [0.29, 0.717) is 30.5 Å². The minimum absolute atomic E-state index is 0.0693. The van der Waals surface area contributed by atoms with Gasteiger partial charge in [0.05, 0.1) is 12.8 Å². The van der Waals surface area contributed by atoms with Gasteiger partial charge in [0, 0.05) is 50.2 Å². The zero-order chi connectivity index (χ0) is 18.8. The van der Waals surface area contributed by atoms with Crippen molar-refractivity contribution in [3.8, 4) is 23.0 Å². The number of H-pyrrole nitrogens is 1. The van der Waals surface area contributed by atoms with Crippen LogP contribution in [0.2, 0.25) is 0 Å². The average Bonchev–Trinajstić information content (AvgIpc) is 3.38. The van der Waals surface area contributed by atoms with Crippen LogP contribution in [0.25, 0.3) is 17.1 Å². The molecule has 1 fully saturated rings. The lowest BCUT2D eigenvalue weighted by atomic mass is 10.2. The van der Waals surface area contributed by atoms with E-state index in [1.807, 2.05) is 23.4 Å². The van der Waals surface area contributed by atoms with Crippen LogP contribution in [0.5, 0.6) is 5.88 Å².